The van der Waals surface area contributed by atoms with Crippen molar-refractivity contribution >= 4 is 23.2 Å². The number of hydrogen-bond acceptors (Lipinski definition) is 3. The lowest BCUT2D eigenvalue weighted by atomic mass is 9.80. The largest absolute Gasteiger partial charge is 0.326 e. The Balaban J connectivity index is 1.36. The quantitative estimate of drug-likeness (QED) is 0.854. The van der Waals surface area contributed by atoms with Gasteiger partial charge in [0.1, 0.15) is 0 Å². The van der Waals surface area contributed by atoms with Crippen LogP contribution in [-0.4, -0.2) is 17.9 Å². The standard InChI is InChI=1S/C24H25N3O2/c1-16-13-20-6-2-3-8-22(20)27(16)24(29)19-11-9-18(10-12-19)23(28)26-21-7-4-5-17(14-21)15-25/h2-8,14,16,18-19H,9-13H2,1H3,(H,26,28). The first-order chi connectivity index (χ1) is 14.1. The van der Waals surface area contributed by atoms with Crippen molar-refractivity contribution < 1.29 is 9.59 Å². The highest BCUT2D eigenvalue weighted by atomic mass is 16.2. The lowest BCUT2D eigenvalue weighted by molar-refractivity contribution is -0.126. The van der Waals surface area contributed by atoms with Gasteiger partial charge in [-0.2, -0.15) is 5.26 Å². The van der Waals surface area contributed by atoms with Crippen molar-refractivity contribution in [3.63, 3.8) is 0 Å². The van der Waals surface area contributed by atoms with Crippen LogP contribution in [0.5, 0.6) is 0 Å². The Hall–Kier alpha value is -3.13. The Labute approximate surface area is 171 Å². The van der Waals surface area contributed by atoms with Crippen LogP contribution in [0.25, 0.3) is 0 Å². The van der Waals surface area contributed by atoms with Crippen molar-refractivity contribution in [1.29, 1.82) is 5.26 Å². The SMILES string of the molecule is CC1Cc2ccccc2N1C(=O)C1CCC(C(=O)Nc2cccc(C#N)c2)CC1. The van der Waals surface area contributed by atoms with E-state index in [1.165, 1.54) is 5.56 Å². The third kappa shape index (κ3) is 3.88. The van der Waals surface area contributed by atoms with Crippen molar-refractivity contribution in [2.75, 3.05) is 10.2 Å². The Kier molecular flexibility index (Phi) is 5.35. The molecule has 0 saturated heterocycles. The van der Waals surface area contributed by atoms with E-state index in [0.29, 0.717) is 24.1 Å². The van der Waals surface area contributed by atoms with Crippen molar-refractivity contribution in [2.45, 2.75) is 45.1 Å². The zero-order chi connectivity index (χ0) is 20.4. The fraction of sp³-hybridized carbons (Fsp3) is 0.375. The lowest BCUT2D eigenvalue weighted by Crippen LogP contribution is -2.42. The van der Waals surface area contributed by atoms with Gasteiger partial charge in [0.2, 0.25) is 11.8 Å². The first-order valence-corrected chi connectivity index (χ1v) is 10.3. The number of amides is 2. The van der Waals surface area contributed by atoms with Gasteiger partial charge >= 0.3 is 0 Å². The van der Waals surface area contributed by atoms with E-state index >= 15 is 0 Å². The molecular formula is C24H25N3O2. The molecule has 5 heteroatoms. The highest BCUT2D eigenvalue weighted by molar-refractivity contribution is 5.98. The smallest absolute Gasteiger partial charge is 0.230 e. The third-order valence-electron chi connectivity index (χ3n) is 6.15. The van der Waals surface area contributed by atoms with E-state index in [0.717, 1.165) is 24.9 Å². The number of para-hydroxylation sites is 1. The van der Waals surface area contributed by atoms with Crippen molar-refractivity contribution in [1.82, 2.24) is 0 Å². The molecule has 1 aliphatic carbocycles. The van der Waals surface area contributed by atoms with E-state index < -0.39 is 0 Å². The Morgan fingerprint density at radius 3 is 2.52 bits per heavy atom. The molecule has 1 N–H and O–H groups in total. The number of anilines is 2. The molecule has 148 valence electrons. The molecule has 1 heterocycles. The summed E-state index contributed by atoms with van der Waals surface area (Å²) in [7, 11) is 0. The second-order valence-electron chi connectivity index (χ2n) is 8.12. The maximum Gasteiger partial charge on any atom is 0.230 e. The minimum absolute atomic E-state index is 0.0189. The maximum absolute atomic E-state index is 13.2. The molecule has 29 heavy (non-hydrogen) atoms. The fourth-order valence-electron chi connectivity index (χ4n) is 4.61. The normalized spacial score (nSPS) is 23.2. The second kappa shape index (κ2) is 8.08. The molecule has 0 bridgehead atoms. The molecule has 0 spiro atoms. The number of carbonyl (C=O) groups excluding carboxylic acids is 2. The van der Waals surface area contributed by atoms with Gasteiger partial charge in [0.25, 0.3) is 0 Å². The average Bonchev–Trinajstić information content (AvgIpc) is 3.09. The molecule has 4 rings (SSSR count). The number of nitriles is 1. The lowest BCUT2D eigenvalue weighted by Gasteiger charge is -2.32. The summed E-state index contributed by atoms with van der Waals surface area (Å²) >= 11 is 0. The summed E-state index contributed by atoms with van der Waals surface area (Å²) in [6, 6.07) is 17.4. The Bertz CT molecular complexity index is 970. The van der Waals surface area contributed by atoms with Crippen LogP contribution in [0.1, 0.15) is 43.7 Å². The van der Waals surface area contributed by atoms with E-state index in [1.807, 2.05) is 23.1 Å². The maximum atomic E-state index is 13.2. The molecular weight excluding hydrogens is 362 g/mol. The van der Waals surface area contributed by atoms with Gasteiger partial charge in [0, 0.05) is 29.3 Å². The molecule has 1 fully saturated rings. The van der Waals surface area contributed by atoms with Gasteiger partial charge in [0.05, 0.1) is 11.6 Å². The van der Waals surface area contributed by atoms with Gasteiger partial charge in [-0.05, 0) is 68.9 Å². The van der Waals surface area contributed by atoms with Gasteiger partial charge in [-0.1, -0.05) is 24.3 Å². The first-order valence-electron chi connectivity index (χ1n) is 10.3. The second-order valence-corrected chi connectivity index (χ2v) is 8.12. The van der Waals surface area contributed by atoms with Crippen LogP contribution in [0, 0.1) is 23.2 Å². The molecule has 2 aromatic carbocycles. The zero-order valence-electron chi connectivity index (χ0n) is 16.6. The predicted molar refractivity (Wildman–Crippen MR) is 112 cm³/mol. The highest BCUT2D eigenvalue weighted by Gasteiger charge is 2.37. The number of nitrogens with one attached hydrogen (secondary N) is 1. The fourth-order valence-corrected chi connectivity index (χ4v) is 4.61. The number of benzene rings is 2. The van der Waals surface area contributed by atoms with Crippen LogP contribution in [0.3, 0.4) is 0 Å². The molecule has 1 atom stereocenters. The van der Waals surface area contributed by atoms with Gasteiger partial charge in [-0.25, -0.2) is 0 Å². The summed E-state index contributed by atoms with van der Waals surface area (Å²) in [5, 5.41) is 11.9. The first kappa shape index (κ1) is 19.2. The van der Waals surface area contributed by atoms with Gasteiger partial charge < -0.3 is 10.2 Å². The van der Waals surface area contributed by atoms with E-state index in [2.05, 4.69) is 24.4 Å². The summed E-state index contributed by atoms with van der Waals surface area (Å²) in [4.78, 5) is 27.8. The molecule has 2 aromatic rings. The monoisotopic (exact) mass is 387 g/mol. The molecule has 1 aliphatic heterocycles. The molecule has 5 nitrogen and oxygen atoms in total. The van der Waals surface area contributed by atoms with Crippen molar-refractivity contribution in [3.8, 4) is 6.07 Å². The minimum atomic E-state index is -0.0897. The molecule has 1 unspecified atom stereocenters. The molecule has 2 aliphatic rings. The summed E-state index contributed by atoms with van der Waals surface area (Å²) < 4.78 is 0. The summed E-state index contributed by atoms with van der Waals surface area (Å²) in [5.74, 6) is 0.0663. The van der Waals surface area contributed by atoms with Crippen LogP contribution in [0.15, 0.2) is 48.5 Å². The summed E-state index contributed by atoms with van der Waals surface area (Å²) in [6.07, 6.45) is 3.80. The summed E-state index contributed by atoms with van der Waals surface area (Å²) in [6.45, 7) is 2.10. The number of hydrogen-bond donors (Lipinski definition) is 1. The molecule has 0 radical (unpaired) electrons. The highest BCUT2D eigenvalue weighted by Crippen LogP contribution is 2.37. The van der Waals surface area contributed by atoms with Crippen LogP contribution >= 0.6 is 0 Å². The zero-order valence-corrected chi connectivity index (χ0v) is 16.6. The third-order valence-corrected chi connectivity index (χ3v) is 6.15. The predicted octanol–water partition coefficient (Wildman–Crippen LogP) is 4.28. The number of nitrogens with zero attached hydrogens (tertiary/aromatic N) is 2. The van der Waals surface area contributed by atoms with Gasteiger partial charge in [-0.15, -0.1) is 0 Å². The van der Waals surface area contributed by atoms with Crippen LogP contribution in [0.4, 0.5) is 11.4 Å². The van der Waals surface area contributed by atoms with E-state index in [4.69, 9.17) is 5.26 Å². The molecule has 2 amide bonds. The number of fused-ring (bicyclic) bond motifs is 1. The number of rotatable bonds is 3. The average molecular weight is 387 g/mol. The van der Waals surface area contributed by atoms with Crippen LogP contribution < -0.4 is 10.2 Å². The van der Waals surface area contributed by atoms with Crippen molar-refractivity contribution in [2.24, 2.45) is 11.8 Å². The molecule has 0 aromatic heterocycles. The summed E-state index contributed by atoms with van der Waals surface area (Å²) in [5.41, 5.74) is 3.45. The Morgan fingerprint density at radius 1 is 1.03 bits per heavy atom. The molecule has 1 saturated carbocycles. The minimum Gasteiger partial charge on any atom is -0.326 e. The topological polar surface area (TPSA) is 73.2 Å². The van der Waals surface area contributed by atoms with E-state index in [-0.39, 0.29) is 29.7 Å². The van der Waals surface area contributed by atoms with E-state index in [9.17, 15) is 9.59 Å². The van der Waals surface area contributed by atoms with Gasteiger partial charge in [-0.3, -0.25) is 9.59 Å². The number of carbonyl (C=O) groups is 2. The van der Waals surface area contributed by atoms with Crippen LogP contribution in [-0.2, 0) is 16.0 Å². The Morgan fingerprint density at radius 2 is 1.76 bits per heavy atom. The van der Waals surface area contributed by atoms with Gasteiger partial charge in [0.15, 0.2) is 0 Å². The van der Waals surface area contributed by atoms with Crippen molar-refractivity contribution in [3.05, 3.63) is 59.7 Å². The van der Waals surface area contributed by atoms with E-state index in [1.54, 1.807) is 24.3 Å². The van der Waals surface area contributed by atoms with Crippen LogP contribution in [0.2, 0.25) is 0 Å².